The summed E-state index contributed by atoms with van der Waals surface area (Å²) >= 11 is 0. The molecule has 0 unspecified atom stereocenters. The Labute approximate surface area is 151 Å². The van der Waals surface area contributed by atoms with Crippen molar-refractivity contribution in [3.8, 4) is 0 Å². The summed E-state index contributed by atoms with van der Waals surface area (Å²) in [5.74, 6) is -1.17. The van der Waals surface area contributed by atoms with Crippen molar-refractivity contribution in [2.45, 2.75) is 78.2 Å². The second-order valence-electron chi connectivity index (χ2n) is 6.10. The first kappa shape index (κ1) is 22.2. The summed E-state index contributed by atoms with van der Waals surface area (Å²) in [5.41, 5.74) is 0. The molecule has 0 amide bonds. The molecule has 7 nitrogen and oxygen atoms in total. The highest BCUT2D eigenvalue weighted by Gasteiger charge is 2.49. The Hall–Kier alpha value is -0.803. The van der Waals surface area contributed by atoms with E-state index < -0.39 is 27.1 Å². The van der Waals surface area contributed by atoms with Gasteiger partial charge >= 0.3 is 21.0 Å². The van der Waals surface area contributed by atoms with Crippen LogP contribution in [-0.4, -0.2) is 46.9 Å². The predicted octanol–water partition coefficient (Wildman–Crippen LogP) is 3.12. The number of unbranched alkanes of at least 4 members (excludes halogenated alkanes) is 3. The molecule has 0 aromatic heterocycles. The normalized spacial score (nSPS) is 16.3. The van der Waals surface area contributed by atoms with Crippen LogP contribution in [0.15, 0.2) is 0 Å². The Kier molecular flexibility index (Phi) is 11.1. The van der Waals surface area contributed by atoms with Crippen LogP contribution in [0.2, 0.25) is 0 Å². The molecule has 1 fully saturated rings. The van der Waals surface area contributed by atoms with Crippen molar-refractivity contribution in [2.24, 2.45) is 0 Å². The molecule has 1 rings (SSSR count). The summed E-state index contributed by atoms with van der Waals surface area (Å²) in [6.45, 7) is 7.60. The minimum atomic E-state index is -3.41. The highest BCUT2D eigenvalue weighted by atomic mass is 28.4. The predicted molar refractivity (Wildman–Crippen MR) is 93.5 cm³/mol. The van der Waals surface area contributed by atoms with E-state index in [1.54, 1.807) is 0 Å². The van der Waals surface area contributed by atoms with Gasteiger partial charge in [-0.25, -0.2) is 0 Å². The van der Waals surface area contributed by atoms with Crippen molar-refractivity contribution >= 4 is 21.0 Å². The minimum absolute atomic E-state index is 0.00586. The number of rotatable bonds is 14. The molecule has 1 heterocycles. The van der Waals surface area contributed by atoms with Gasteiger partial charge in [0.2, 0.25) is 0 Å². The van der Waals surface area contributed by atoms with E-state index in [1.165, 1.54) is 0 Å². The Morgan fingerprint density at radius 3 is 1.60 bits per heavy atom. The van der Waals surface area contributed by atoms with Crippen molar-refractivity contribution in [2.75, 3.05) is 19.8 Å². The van der Waals surface area contributed by atoms with Crippen molar-refractivity contribution in [3.63, 3.8) is 0 Å². The fourth-order valence-corrected chi connectivity index (χ4v) is 4.41. The van der Waals surface area contributed by atoms with Crippen molar-refractivity contribution in [1.29, 1.82) is 0 Å². The number of cyclic esters (lactones) is 2. The molecule has 1 aliphatic rings. The Morgan fingerprint density at radius 1 is 0.840 bits per heavy atom. The third-order valence-electron chi connectivity index (χ3n) is 3.66. The second kappa shape index (κ2) is 12.5. The molecule has 0 radical (unpaired) electrons. The number of hydrogen-bond acceptors (Lipinski definition) is 7. The van der Waals surface area contributed by atoms with Gasteiger partial charge in [0.25, 0.3) is 0 Å². The van der Waals surface area contributed by atoms with Gasteiger partial charge in [-0.3, -0.25) is 9.59 Å². The van der Waals surface area contributed by atoms with Crippen LogP contribution in [0.1, 0.15) is 72.1 Å². The molecular weight excluding hydrogens is 344 g/mol. The first-order valence-electron chi connectivity index (χ1n) is 9.38. The summed E-state index contributed by atoms with van der Waals surface area (Å²) < 4.78 is 28.4. The molecule has 0 aromatic rings. The monoisotopic (exact) mass is 376 g/mol. The summed E-state index contributed by atoms with van der Waals surface area (Å²) in [7, 11) is -3.41. The molecule has 1 aliphatic heterocycles. The van der Waals surface area contributed by atoms with E-state index in [2.05, 4.69) is 25.5 Å². The van der Waals surface area contributed by atoms with Crippen LogP contribution >= 0.6 is 0 Å². The molecule has 0 atom stereocenters. The van der Waals surface area contributed by atoms with Gasteiger partial charge in [-0.15, -0.1) is 0 Å². The lowest BCUT2D eigenvalue weighted by atomic mass is 10.1. The lowest BCUT2D eigenvalue weighted by Crippen LogP contribution is -2.53. The van der Waals surface area contributed by atoms with Gasteiger partial charge < -0.3 is 22.4 Å². The SMILES string of the molecule is CCCCO[Si](OCCCC)(OCCCC)OC1CC(=O)OC(=O)C1. The smallest absolute Gasteiger partial charge is 0.393 e. The van der Waals surface area contributed by atoms with Crippen LogP contribution in [0.4, 0.5) is 0 Å². The summed E-state index contributed by atoms with van der Waals surface area (Å²) in [6.07, 6.45) is 4.89. The molecule has 0 bridgehead atoms. The second-order valence-corrected chi connectivity index (χ2v) is 8.20. The van der Waals surface area contributed by atoms with E-state index in [-0.39, 0.29) is 12.8 Å². The van der Waals surface area contributed by atoms with E-state index >= 15 is 0 Å². The molecule has 0 saturated carbocycles. The highest BCUT2D eigenvalue weighted by Crippen LogP contribution is 2.23. The molecule has 0 spiro atoms. The molecule has 0 N–H and O–H groups in total. The lowest BCUT2D eigenvalue weighted by Gasteiger charge is -2.32. The van der Waals surface area contributed by atoms with Crippen molar-refractivity contribution in [1.82, 2.24) is 0 Å². The van der Waals surface area contributed by atoms with Crippen molar-refractivity contribution in [3.05, 3.63) is 0 Å². The van der Waals surface area contributed by atoms with Gasteiger partial charge in [0.05, 0.1) is 18.9 Å². The number of carbonyl (C=O) groups is 2. The zero-order valence-corrected chi connectivity index (χ0v) is 16.7. The average molecular weight is 377 g/mol. The van der Waals surface area contributed by atoms with Crippen LogP contribution in [0, 0.1) is 0 Å². The Morgan fingerprint density at radius 2 is 1.24 bits per heavy atom. The van der Waals surface area contributed by atoms with Crippen molar-refractivity contribution < 1.29 is 32.0 Å². The van der Waals surface area contributed by atoms with Crippen LogP contribution in [0.5, 0.6) is 0 Å². The first-order valence-corrected chi connectivity index (χ1v) is 11.0. The zero-order valence-electron chi connectivity index (χ0n) is 15.7. The topological polar surface area (TPSA) is 80.3 Å². The summed E-state index contributed by atoms with van der Waals surface area (Å²) in [5, 5.41) is 0. The van der Waals surface area contributed by atoms with Gasteiger partial charge in [-0.05, 0) is 19.3 Å². The van der Waals surface area contributed by atoms with E-state index in [4.69, 9.17) is 17.7 Å². The number of carbonyl (C=O) groups excluding carboxylic acids is 2. The van der Waals surface area contributed by atoms with E-state index in [0.717, 1.165) is 38.5 Å². The van der Waals surface area contributed by atoms with Crippen LogP contribution in [0.3, 0.4) is 0 Å². The maximum absolute atomic E-state index is 11.5. The zero-order chi connectivity index (χ0) is 18.5. The van der Waals surface area contributed by atoms with Gasteiger partial charge in [0.15, 0.2) is 0 Å². The van der Waals surface area contributed by atoms with Crippen LogP contribution < -0.4 is 0 Å². The van der Waals surface area contributed by atoms with E-state index in [0.29, 0.717) is 19.8 Å². The number of esters is 2. The van der Waals surface area contributed by atoms with Gasteiger partial charge in [-0.1, -0.05) is 40.0 Å². The minimum Gasteiger partial charge on any atom is -0.393 e. The largest absolute Gasteiger partial charge is 0.679 e. The molecular formula is C17H32O7Si. The summed E-state index contributed by atoms with van der Waals surface area (Å²) in [6, 6.07) is 0. The van der Waals surface area contributed by atoms with Crippen LogP contribution in [-0.2, 0) is 32.0 Å². The maximum Gasteiger partial charge on any atom is 0.679 e. The standard InChI is InChI=1S/C17H32O7Si/c1-4-7-10-20-25(21-11-8-5-2,22-12-9-6-3)24-15-13-16(18)23-17(19)14-15/h15H,4-14H2,1-3H3. The Balaban J connectivity index is 2.81. The van der Waals surface area contributed by atoms with E-state index in [9.17, 15) is 9.59 Å². The molecule has 1 saturated heterocycles. The van der Waals surface area contributed by atoms with Gasteiger partial charge in [0.1, 0.15) is 0 Å². The van der Waals surface area contributed by atoms with E-state index in [1.807, 2.05) is 0 Å². The molecule has 146 valence electrons. The van der Waals surface area contributed by atoms with Gasteiger partial charge in [-0.2, -0.15) is 0 Å². The average Bonchev–Trinajstić information content (AvgIpc) is 2.54. The lowest BCUT2D eigenvalue weighted by molar-refractivity contribution is -0.169. The Bertz CT molecular complexity index is 360. The quantitative estimate of drug-likeness (QED) is 0.199. The third-order valence-corrected chi connectivity index (χ3v) is 5.95. The molecule has 8 heteroatoms. The fourth-order valence-electron chi connectivity index (χ4n) is 2.19. The number of hydrogen-bond donors (Lipinski definition) is 0. The highest BCUT2D eigenvalue weighted by molar-refractivity contribution is 6.53. The first-order chi connectivity index (χ1) is 12.0. The maximum atomic E-state index is 11.5. The fraction of sp³-hybridized carbons (Fsp3) is 0.882. The van der Waals surface area contributed by atoms with Crippen LogP contribution in [0.25, 0.3) is 0 Å². The summed E-state index contributed by atoms with van der Waals surface area (Å²) in [4.78, 5) is 23.0. The molecule has 25 heavy (non-hydrogen) atoms. The molecule has 0 aliphatic carbocycles. The number of ether oxygens (including phenoxy) is 1. The molecule has 0 aromatic carbocycles. The van der Waals surface area contributed by atoms with Gasteiger partial charge in [0, 0.05) is 19.8 Å². The third kappa shape index (κ3) is 8.91.